The molecule has 30 heavy (non-hydrogen) atoms. The fourth-order valence-electron chi connectivity index (χ4n) is 3.35. The van der Waals surface area contributed by atoms with E-state index >= 15 is 0 Å². The monoisotopic (exact) mass is 461 g/mol. The van der Waals surface area contributed by atoms with Gasteiger partial charge in [0, 0.05) is 36.1 Å². The van der Waals surface area contributed by atoms with Crippen LogP contribution in [0.25, 0.3) is 10.2 Å². The molecule has 0 spiro atoms. The third-order valence-corrected chi connectivity index (χ3v) is 7.21. The number of hydrogen-bond acceptors (Lipinski definition) is 6. The highest BCUT2D eigenvalue weighted by molar-refractivity contribution is 8.00. The first-order valence-electron chi connectivity index (χ1n) is 10.0. The minimum Gasteiger partial charge on any atom is -0.379 e. The van der Waals surface area contributed by atoms with Gasteiger partial charge in [0.25, 0.3) is 0 Å². The third kappa shape index (κ3) is 5.74. The van der Waals surface area contributed by atoms with Gasteiger partial charge in [0.2, 0.25) is 5.91 Å². The van der Waals surface area contributed by atoms with Crippen LogP contribution >= 0.6 is 34.7 Å². The summed E-state index contributed by atoms with van der Waals surface area (Å²) in [5, 5.41) is 1.43. The summed E-state index contributed by atoms with van der Waals surface area (Å²) in [6.07, 6.45) is 0.901. The number of thiazole rings is 1. The standard InChI is InChI=1S/C22H24ClN3O2S2/c23-17-7-8-19-20(15-17)30-22(24-19)26(10-4-9-25-11-13-28-14-12-25)21(27)16-29-18-5-2-1-3-6-18/h1-3,5-8,15H,4,9-14,16H2. The number of benzene rings is 2. The van der Waals surface area contributed by atoms with Crippen LogP contribution in [0.5, 0.6) is 0 Å². The van der Waals surface area contributed by atoms with Gasteiger partial charge in [0.1, 0.15) is 0 Å². The molecular weight excluding hydrogens is 438 g/mol. The van der Waals surface area contributed by atoms with Crippen LogP contribution in [0, 0.1) is 0 Å². The van der Waals surface area contributed by atoms with Gasteiger partial charge in [-0.15, -0.1) is 11.8 Å². The number of morpholine rings is 1. The first kappa shape index (κ1) is 21.6. The van der Waals surface area contributed by atoms with E-state index in [1.807, 2.05) is 53.4 Å². The lowest BCUT2D eigenvalue weighted by atomic mass is 10.3. The molecule has 1 amide bonds. The van der Waals surface area contributed by atoms with Crippen molar-refractivity contribution in [1.29, 1.82) is 0 Å². The van der Waals surface area contributed by atoms with Crippen LogP contribution < -0.4 is 4.90 Å². The van der Waals surface area contributed by atoms with Crippen molar-refractivity contribution in [3.05, 3.63) is 53.6 Å². The van der Waals surface area contributed by atoms with E-state index in [4.69, 9.17) is 21.3 Å². The largest absolute Gasteiger partial charge is 0.379 e. The average molecular weight is 462 g/mol. The second-order valence-electron chi connectivity index (χ2n) is 7.06. The molecule has 0 atom stereocenters. The van der Waals surface area contributed by atoms with Crippen molar-refractivity contribution >= 4 is 56.0 Å². The van der Waals surface area contributed by atoms with Crippen LogP contribution in [0.15, 0.2) is 53.4 Å². The molecule has 1 aliphatic heterocycles. The smallest absolute Gasteiger partial charge is 0.239 e. The summed E-state index contributed by atoms with van der Waals surface area (Å²) < 4.78 is 6.42. The molecule has 2 heterocycles. The molecular formula is C22H24ClN3O2S2. The summed E-state index contributed by atoms with van der Waals surface area (Å²) in [7, 11) is 0. The van der Waals surface area contributed by atoms with E-state index in [1.165, 1.54) is 11.3 Å². The Labute approximate surface area is 190 Å². The van der Waals surface area contributed by atoms with E-state index < -0.39 is 0 Å². The summed E-state index contributed by atoms with van der Waals surface area (Å²) in [6, 6.07) is 15.7. The zero-order valence-electron chi connectivity index (χ0n) is 16.6. The van der Waals surface area contributed by atoms with E-state index in [9.17, 15) is 4.79 Å². The fourth-order valence-corrected chi connectivity index (χ4v) is 5.43. The first-order valence-corrected chi connectivity index (χ1v) is 12.2. The van der Waals surface area contributed by atoms with Crippen molar-refractivity contribution < 1.29 is 9.53 Å². The molecule has 4 rings (SSSR count). The number of hydrogen-bond donors (Lipinski definition) is 0. The molecule has 1 saturated heterocycles. The fraction of sp³-hybridized carbons (Fsp3) is 0.364. The van der Waals surface area contributed by atoms with Gasteiger partial charge in [-0.2, -0.15) is 0 Å². The highest BCUT2D eigenvalue weighted by Crippen LogP contribution is 2.31. The predicted octanol–water partition coefficient (Wildman–Crippen LogP) is 4.80. The van der Waals surface area contributed by atoms with Gasteiger partial charge in [-0.25, -0.2) is 4.98 Å². The van der Waals surface area contributed by atoms with Gasteiger partial charge in [-0.3, -0.25) is 14.6 Å². The SMILES string of the molecule is O=C(CSc1ccccc1)N(CCCN1CCOCC1)c1nc2ccc(Cl)cc2s1. The predicted molar refractivity (Wildman–Crippen MR) is 126 cm³/mol. The van der Waals surface area contributed by atoms with Gasteiger partial charge in [0.05, 0.1) is 29.2 Å². The Hall–Kier alpha value is -1.64. The van der Waals surface area contributed by atoms with Gasteiger partial charge < -0.3 is 4.74 Å². The molecule has 0 N–H and O–H groups in total. The lowest BCUT2D eigenvalue weighted by molar-refractivity contribution is -0.116. The Bertz CT molecular complexity index is 977. The maximum atomic E-state index is 13.2. The van der Waals surface area contributed by atoms with Crippen molar-refractivity contribution in [2.24, 2.45) is 0 Å². The van der Waals surface area contributed by atoms with Crippen LogP contribution in [0.2, 0.25) is 5.02 Å². The molecule has 0 unspecified atom stereocenters. The molecule has 1 aromatic heterocycles. The van der Waals surface area contributed by atoms with Crippen molar-refractivity contribution in [3.8, 4) is 0 Å². The zero-order chi connectivity index (χ0) is 20.8. The maximum Gasteiger partial charge on any atom is 0.239 e. The van der Waals surface area contributed by atoms with Crippen LogP contribution in [-0.4, -0.2) is 60.9 Å². The normalized spacial score (nSPS) is 14.8. The van der Waals surface area contributed by atoms with E-state index in [0.717, 1.165) is 59.5 Å². The Morgan fingerprint density at radius 1 is 1.20 bits per heavy atom. The molecule has 3 aromatic rings. The van der Waals surface area contributed by atoms with Gasteiger partial charge in [-0.1, -0.05) is 41.1 Å². The summed E-state index contributed by atoms with van der Waals surface area (Å²) in [5.41, 5.74) is 0.876. The number of aromatic nitrogens is 1. The number of ether oxygens (including phenoxy) is 1. The van der Waals surface area contributed by atoms with Gasteiger partial charge in [0.15, 0.2) is 5.13 Å². The lowest BCUT2D eigenvalue weighted by Gasteiger charge is -2.27. The second kappa shape index (κ2) is 10.6. The Kier molecular flexibility index (Phi) is 7.62. The molecule has 8 heteroatoms. The first-order chi connectivity index (χ1) is 14.7. The number of carbonyl (C=O) groups is 1. The lowest BCUT2D eigenvalue weighted by Crippen LogP contribution is -2.39. The Balaban J connectivity index is 1.46. The number of rotatable bonds is 8. The molecule has 1 fully saturated rings. The van der Waals surface area contributed by atoms with E-state index in [0.29, 0.717) is 17.3 Å². The van der Waals surface area contributed by atoms with Crippen molar-refractivity contribution in [1.82, 2.24) is 9.88 Å². The molecule has 2 aromatic carbocycles. The van der Waals surface area contributed by atoms with Crippen molar-refractivity contribution in [2.45, 2.75) is 11.3 Å². The highest BCUT2D eigenvalue weighted by atomic mass is 35.5. The van der Waals surface area contributed by atoms with Crippen LogP contribution in [-0.2, 0) is 9.53 Å². The molecule has 0 radical (unpaired) electrons. The molecule has 0 aliphatic carbocycles. The van der Waals surface area contributed by atoms with Crippen LogP contribution in [0.1, 0.15) is 6.42 Å². The number of anilines is 1. The molecule has 158 valence electrons. The highest BCUT2D eigenvalue weighted by Gasteiger charge is 2.21. The average Bonchev–Trinajstić information content (AvgIpc) is 3.19. The van der Waals surface area contributed by atoms with Gasteiger partial charge >= 0.3 is 0 Å². The Morgan fingerprint density at radius 3 is 2.80 bits per heavy atom. The van der Waals surface area contributed by atoms with Gasteiger partial charge in [-0.05, 0) is 36.8 Å². The summed E-state index contributed by atoms with van der Waals surface area (Å²) >= 11 is 9.22. The molecule has 5 nitrogen and oxygen atoms in total. The maximum absolute atomic E-state index is 13.2. The van der Waals surface area contributed by atoms with E-state index in [1.54, 1.807) is 11.8 Å². The molecule has 1 aliphatic rings. The van der Waals surface area contributed by atoms with E-state index in [2.05, 4.69) is 4.90 Å². The second-order valence-corrected chi connectivity index (χ2v) is 9.56. The number of amides is 1. The molecule has 0 bridgehead atoms. The van der Waals surface area contributed by atoms with Crippen molar-refractivity contribution in [3.63, 3.8) is 0 Å². The minimum absolute atomic E-state index is 0.0796. The third-order valence-electron chi connectivity index (χ3n) is 4.94. The summed E-state index contributed by atoms with van der Waals surface area (Å²) in [4.78, 5) is 23.2. The molecule has 0 saturated carbocycles. The zero-order valence-corrected chi connectivity index (χ0v) is 19.0. The number of fused-ring (bicyclic) bond motifs is 1. The number of halogens is 1. The van der Waals surface area contributed by atoms with Crippen LogP contribution in [0.3, 0.4) is 0 Å². The number of nitrogens with zero attached hydrogens (tertiary/aromatic N) is 3. The van der Waals surface area contributed by atoms with E-state index in [-0.39, 0.29) is 5.91 Å². The number of carbonyl (C=O) groups excluding carboxylic acids is 1. The summed E-state index contributed by atoms with van der Waals surface area (Å²) in [5.74, 6) is 0.467. The topological polar surface area (TPSA) is 45.7 Å². The number of thioether (sulfide) groups is 1. The summed E-state index contributed by atoms with van der Waals surface area (Å²) in [6.45, 7) is 5.09. The minimum atomic E-state index is 0.0796. The van der Waals surface area contributed by atoms with Crippen molar-refractivity contribution in [2.75, 3.05) is 50.0 Å². The Morgan fingerprint density at radius 2 is 2.00 bits per heavy atom. The quantitative estimate of drug-likeness (QED) is 0.451. The van der Waals surface area contributed by atoms with Crippen LogP contribution in [0.4, 0.5) is 5.13 Å².